The van der Waals surface area contributed by atoms with Crippen LogP contribution in [0.15, 0.2) is 18.2 Å². The van der Waals surface area contributed by atoms with E-state index in [1.54, 1.807) is 25.1 Å². The quantitative estimate of drug-likeness (QED) is 0.685. The van der Waals surface area contributed by atoms with Crippen LogP contribution >= 0.6 is 0 Å². The Bertz CT molecular complexity index is 1010. The van der Waals surface area contributed by atoms with E-state index in [1.807, 2.05) is 13.8 Å². The van der Waals surface area contributed by atoms with Crippen LogP contribution in [0.1, 0.15) is 40.0 Å². The number of hydrogen-bond acceptors (Lipinski definition) is 6. The average molecular weight is 451 g/mol. The first-order valence-electron chi connectivity index (χ1n) is 10.8. The van der Waals surface area contributed by atoms with Gasteiger partial charge in [0.1, 0.15) is 19.0 Å². The molecule has 2 saturated carbocycles. The SMILES string of the molecule is CCN(CC(=O)Nc1ccc2c(c1)OCCO2)S(=O)(=O)CC12CCC(CC1=O)C2(C)C. The van der Waals surface area contributed by atoms with Crippen LogP contribution in [0.2, 0.25) is 0 Å². The van der Waals surface area contributed by atoms with Crippen molar-refractivity contribution in [2.45, 2.75) is 40.0 Å². The van der Waals surface area contributed by atoms with Gasteiger partial charge in [-0.1, -0.05) is 20.8 Å². The number of rotatable bonds is 7. The molecule has 2 aliphatic carbocycles. The molecule has 170 valence electrons. The number of sulfonamides is 1. The van der Waals surface area contributed by atoms with Crippen LogP contribution < -0.4 is 14.8 Å². The normalized spacial score (nSPS) is 26.3. The molecule has 2 unspecified atom stereocenters. The van der Waals surface area contributed by atoms with Crippen LogP contribution in [0.3, 0.4) is 0 Å². The van der Waals surface area contributed by atoms with Crippen LogP contribution in [0.25, 0.3) is 0 Å². The summed E-state index contributed by atoms with van der Waals surface area (Å²) in [4.78, 5) is 25.4. The van der Waals surface area contributed by atoms with E-state index in [2.05, 4.69) is 5.32 Å². The van der Waals surface area contributed by atoms with Crippen LogP contribution in [0.4, 0.5) is 5.69 Å². The fraction of sp³-hybridized carbons (Fsp3) is 0.636. The summed E-state index contributed by atoms with van der Waals surface area (Å²) in [5.74, 6) is 0.771. The first kappa shape index (κ1) is 22.1. The largest absolute Gasteiger partial charge is 0.486 e. The number of nitrogens with zero attached hydrogens (tertiary/aromatic N) is 1. The molecule has 2 bridgehead atoms. The number of hydrogen-bond donors (Lipinski definition) is 1. The van der Waals surface area contributed by atoms with Crippen molar-refractivity contribution >= 4 is 27.4 Å². The maximum absolute atomic E-state index is 13.3. The van der Waals surface area contributed by atoms with E-state index >= 15 is 0 Å². The van der Waals surface area contributed by atoms with Crippen molar-refractivity contribution in [1.29, 1.82) is 0 Å². The minimum Gasteiger partial charge on any atom is -0.486 e. The van der Waals surface area contributed by atoms with E-state index < -0.39 is 21.3 Å². The molecule has 0 radical (unpaired) electrons. The minimum absolute atomic E-state index is 0.0501. The lowest BCUT2D eigenvalue weighted by Gasteiger charge is -2.37. The summed E-state index contributed by atoms with van der Waals surface area (Å²) in [7, 11) is -3.80. The van der Waals surface area contributed by atoms with Gasteiger partial charge in [-0.15, -0.1) is 0 Å². The zero-order valence-corrected chi connectivity index (χ0v) is 19.1. The highest BCUT2D eigenvalue weighted by molar-refractivity contribution is 7.89. The molecule has 3 aliphatic rings. The van der Waals surface area contributed by atoms with E-state index in [1.165, 1.54) is 4.31 Å². The zero-order chi connectivity index (χ0) is 22.4. The van der Waals surface area contributed by atoms with Crippen LogP contribution in [-0.2, 0) is 19.6 Å². The van der Waals surface area contributed by atoms with Gasteiger partial charge >= 0.3 is 0 Å². The standard InChI is InChI=1S/C22H30N2O6S/c1-4-24(13-20(26)23-16-5-6-17-18(12-16)30-10-9-29-17)31(27,28)14-22-8-7-15(11-19(22)25)21(22,2)3/h5-6,12,15H,4,7-11,13-14H2,1-3H3,(H,23,26). The number of nitrogens with one attached hydrogen (secondary N) is 1. The molecule has 1 aromatic carbocycles. The van der Waals surface area contributed by atoms with Crippen molar-refractivity contribution in [2.75, 3.05) is 37.4 Å². The monoisotopic (exact) mass is 450 g/mol. The predicted molar refractivity (Wildman–Crippen MR) is 116 cm³/mol. The Morgan fingerprint density at radius 1 is 1.23 bits per heavy atom. The second-order valence-electron chi connectivity index (χ2n) is 9.26. The van der Waals surface area contributed by atoms with Gasteiger partial charge in [-0.3, -0.25) is 9.59 Å². The number of likely N-dealkylation sites (N-methyl/N-ethyl adjacent to an activating group) is 1. The molecule has 31 heavy (non-hydrogen) atoms. The van der Waals surface area contributed by atoms with Crippen molar-refractivity contribution in [3.8, 4) is 11.5 Å². The number of amides is 1. The molecule has 1 heterocycles. The highest BCUT2D eigenvalue weighted by Gasteiger charge is 2.65. The highest BCUT2D eigenvalue weighted by atomic mass is 32.2. The number of carbonyl (C=O) groups excluding carboxylic acids is 2. The fourth-order valence-electron chi connectivity index (χ4n) is 5.40. The number of anilines is 1. The lowest BCUT2D eigenvalue weighted by Crippen LogP contribution is -2.48. The summed E-state index contributed by atoms with van der Waals surface area (Å²) >= 11 is 0. The lowest BCUT2D eigenvalue weighted by atomic mass is 9.70. The van der Waals surface area contributed by atoms with Crippen molar-refractivity contribution in [1.82, 2.24) is 4.31 Å². The van der Waals surface area contributed by atoms with Gasteiger partial charge in [0.15, 0.2) is 11.5 Å². The summed E-state index contributed by atoms with van der Waals surface area (Å²) in [5, 5.41) is 2.73. The number of carbonyl (C=O) groups is 2. The van der Waals surface area contributed by atoms with Gasteiger partial charge in [-0.05, 0) is 36.3 Å². The van der Waals surface area contributed by atoms with Gasteiger partial charge in [0.2, 0.25) is 15.9 Å². The van der Waals surface area contributed by atoms with E-state index in [0.29, 0.717) is 43.2 Å². The summed E-state index contributed by atoms with van der Waals surface area (Å²) in [6.07, 6.45) is 1.94. The van der Waals surface area contributed by atoms with E-state index in [-0.39, 0.29) is 36.0 Å². The molecule has 4 rings (SSSR count). The predicted octanol–water partition coefficient (Wildman–Crippen LogP) is 2.44. The smallest absolute Gasteiger partial charge is 0.239 e. The number of ether oxygens (including phenoxy) is 2. The molecule has 2 atom stereocenters. The van der Waals surface area contributed by atoms with E-state index in [0.717, 1.165) is 6.42 Å². The topological polar surface area (TPSA) is 102 Å². The Morgan fingerprint density at radius 2 is 1.94 bits per heavy atom. The molecule has 0 aromatic heterocycles. The second-order valence-corrected chi connectivity index (χ2v) is 11.2. The third-order valence-corrected chi connectivity index (χ3v) is 9.49. The van der Waals surface area contributed by atoms with Crippen molar-refractivity contribution < 1.29 is 27.5 Å². The van der Waals surface area contributed by atoms with Crippen molar-refractivity contribution in [2.24, 2.45) is 16.7 Å². The van der Waals surface area contributed by atoms with Crippen LogP contribution in [-0.4, -0.2) is 56.5 Å². The van der Waals surface area contributed by atoms with Gasteiger partial charge in [0, 0.05) is 30.1 Å². The molecule has 1 N–H and O–H groups in total. The maximum Gasteiger partial charge on any atom is 0.239 e. The number of fused-ring (bicyclic) bond motifs is 3. The molecule has 2 fully saturated rings. The van der Waals surface area contributed by atoms with Gasteiger partial charge in [-0.2, -0.15) is 4.31 Å². The molecule has 0 spiro atoms. The summed E-state index contributed by atoms with van der Waals surface area (Å²) in [5.41, 5.74) is -0.688. The Kier molecular flexibility index (Phi) is 5.54. The third kappa shape index (κ3) is 3.71. The lowest BCUT2D eigenvalue weighted by molar-refractivity contribution is -0.128. The molecular formula is C22H30N2O6S. The molecule has 1 aromatic rings. The van der Waals surface area contributed by atoms with Crippen LogP contribution in [0.5, 0.6) is 11.5 Å². The molecular weight excluding hydrogens is 420 g/mol. The highest BCUT2D eigenvalue weighted by Crippen LogP contribution is 2.64. The van der Waals surface area contributed by atoms with E-state index in [4.69, 9.17) is 9.47 Å². The second kappa shape index (κ2) is 7.78. The van der Waals surface area contributed by atoms with E-state index in [9.17, 15) is 18.0 Å². The summed E-state index contributed by atoms with van der Waals surface area (Å²) in [6.45, 7) is 6.48. The Labute approximate surface area is 183 Å². The van der Waals surface area contributed by atoms with Gasteiger partial charge in [0.05, 0.1) is 12.3 Å². The first-order chi connectivity index (χ1) is 14.6. The summed E-state index contributed by atoms with van der Waals surface area (Å²) in [6, 6.07) is 5.06. The average Bonchev–Trinajstić information content (AvgIpc) is 3.05. The Morgan fingerprint density at radius 3 is 2.55 bits per heavy atom. The van der Waals surface area contributed by atoms with Crippen molar-refractivity contribution in [3.63, 3.8) is 0 Å². The number of benzene rings is 1. The molecule has 0 saturated heterocycles. The third-order valence-electron chi connectivity index (χ3n) is 7.46. The first-order valence-corrected chi connectivity index (χ1v) is 12.4. The Hall–Kier alpha value is -2.13. The number of ketones is 1. The summed E-state index contributed by atoms with van der Waals surface area (Å²) < 4.78 is 38.7. The molecule has 8 nitrogen and oxygen atoms in total. The Balaban J connectivity index is 1.46. The van der Waals surface area contributed by atoms with Gasteiger partial charge in [-0.25, -0.2) is 8.42 Å². The van der Waals surface area contributed by atoms with Gasteiger partial charge < -0.3 is 14.8 Å². The molecule has 1 amide bonds. The van der Waals surface area contributed by atoms with Crippen molar-refractivity contribution in [3.05, 3.63) is 18.2 Å². The molecule has 1 aliphatic heterocycles. The maximum atomic E-state index is 13.3. The van der Waals surface area contributed by atoms with Gasteiger partial charge in [0.25, 0.3) is 0 Å². The fourth-order valence-corrected chi connectivity index (χ4v) is 7.59. The number of Topliss-reactive ketones (excluding diaryl/α,β-unsaturated/α-hetero) is 1. The van der Waals surface area contributed by atoms with Crippen LogP contribution in [0, 0.1) is 16.7 Å². The zero-order valence-electron chi connectivity index (χ0n) is 18.3. The minimum atomic E-state index is -3.80. The molecule has 9 heteroatoms.